The summed E-state index contributed by atoms with van der Waals surface area (Å²) in [6.45, 7) is 3.37. The highest BCUT2D eigenvalue weighted by Gasteiger charge is 2.23. The molecule has 0 aromatic heterocycles. The van der Waals surface area contributed by atoms with Crippen molar-refractivity contribution in [3.63, 3.8) is 0 Å². The third-order valence-corrected chi connectivity index (χ3v) is 3.03. The first kappa shape index (κ1) is 13.5. The fraction of sp³-hybridized carbons (Fsp3) is 0.714. The van der Waals surface area contributed by atoms with E-state index >= 15 is 0 Å². The van der Waals surface area contributed by atoms with Crippen LogP contribution in [0.2, 0.25) is 0 Å². The minimum atomic E-state index is -3.60. The van der Waals surface area contributed by atoms with Gasteiger partial charge >= 0.3 is 7.60 Å². The van der Waals surface area contributed by atoms with Gasteiger partial charge in [0.1, 0.15) is 0 Å². The van der Waals surface area contributed by atoms with Gasteiger partial charge in [-0.1, -0.05) is 0 Å². The maximum atomic E-state index is 12.0. The van der Waals surface area contributed by atoms with Gasteiger partial charge in [0, 0.05) is 0 Å². The molecule has 7 heteroatoms. The highest BCUT2D eigenvalue weighted by Crippen LogP contribution is 2.50. The lowest BCUT2D eigenvalue weighted by atomic mass is 10.6. The number of hydrogen-bond acceptors (Lipinski definition) is 4. The zero-order valence-electron chi connectivity index (χ0n) is 8.07. The predicted molar refractivity (Wildman–Crippen MR) is 49.1 cm³/mol. The normalized spacial score (nSPS) is 13.6. The Bertz CT molecular complexity index is 235. The molecule has 0 aliphatic heterocycles. The third kappa shape index (κ3) is 4.69. The minimum absolute atomic E-state index is 0.101. The number of rotatable bonds is 6. The van der Waals surface area contributed by atoms with Crippen molar-refractivity contribution < 1.29 is 22.4 Å². The van der Waals surface area contributed by atoms with E-state index in [0.29, 0.717) is 5.82 Å². The van der Waals surface area contributed by atoms with Gasteiger partial charge in [0.05, 0.1) is 24.7 Å². The van der Waals surface area contributed by atoms with E-state index in [1.807, 2.05) is 0 Å². The SMILES string of the molecule is CCOP(=O)(/C=C(\N)C(F)F)OCC. The van der Waals surface area contributed by atoms with Crippen molar-refractivity contribution in [1.82, 2.24) is 0 Å². The van der Waals surface area contributed by atoms with E-state index in [2.05, 4.69) is 0 Å². The topological polar surface area (TPSA) is 61.5 Å². The molecule has 0 saturated carbocycles. The van der Waals surface area contributed by atoms with Gasteiger partial charge in [0.25, 0.3) is 6.43 Å². The summed E-state index contributed by atoms with van der Waals surface area (Å²) >= 11 is 0. The van der Waals surface area contributed by atoms with Crippen LogP contribution in [0.1, 0.15) is 13.8 Å². The van der Waals surface area contributed by atoms with Gasteiger partial charge in [0.2, 0.25) is 0 Å². The molecule has 0 unspecified atom stereocenters. The van der Waals surface area contributed by atoms with Crippen molar-refractivity contribution in [1.29, 1.82) is 0 Å². The molecule has 0 heterocycles. The summed E-state index contributed by atoms with van der Waals surface area (Å²) in [5.41, 5.74) is 4.15. The molecule has 0 amide bonds. The Labute approximate surface area is 81.6 Å². The summed E-state index contributed by atoms with van der Waals surface area (Å²) in [4.78, 5) is 0. The van der Waals surface area contributed by atoms with E-state index in [-0.39, 0.29) is 13.2 Å². The quantitative estimate of drug-likeness (QED) is 0.710. The molecule has 84 valence electrons. The Kier molecular flexibility index (Phi) is 5.92. The highest BCUT2D eigenvalue weighted by atomic mass is 31.2. The average molecular weight is 229 g/mol. The minimum Gasteiger partial charge on any atom is -0.397 e. The molecule has 0 bridgehead atoms. The number of hydrogen-bond donors (Lipinski definition) is 1. The zero-order chi connectivity index (χ0) is 11.2. The number of allylic oxidation sites excluding steroid dienone is 1. The van der Waals surface area contributed by atoms with Crippen molar-refractivity contribution in [2.45, 2.75) is 20.3 Å². The van der Waals surface area contributed by atoms with Gasteiger partial charge in [-0.3, -0.25) is 4.57 Å². The summed E-state index contributed by atoms with van der Waals surface area (Å²) in [7, 11) is -3.60. The summed E-state index contributed by atoms with van der Waals surface area (Å²) in [6, 6.07) is 0. The van der Waals surface area contributed by atoms with Gasteiger partial charge in [0.15, 0.2) is 0 Å². The van der Waals surface area contributed by atoms with Crippen LogP contribution in [0.25, 0.3) is 0 Å². The van der Waals surface area contributed by atoms with Gasteiger partial charge < -0.3 is 14.8 Å². The predicted octanol–water partition coefficient (Wildman–Crippen LogP) is 2.32. The van der Waals surface area contributed by atoms with Crippen LogP contribution in [0, 0.1) is 0 Å². The molecule has 0 aromatic carbocycles. The average Bonchev–Trinajstić information content (AvgIpc) is 2.04. The Hall–Kier alpha value is -0.450. The molecule has 4 nitrogen and oxygen atoms in total. The van der Waals surface area contributed by atoms with Crippen molar-refractivity contribution in [3.05, 3.63) is 11.5 Å². The highest BCUT2D eigenvalue weighted by molar-refractivity contribution is 7.57. The van der Waals surface area contributed by atoms with Crippen molar-refractivity contribution in [2.24, 2.45) is 5.73 Å². The molecule has 0 radical (unpaired) electrons. The van der Waals surface area contributed by atoms with Gasteiger partial charge in [-0.15, -0.1) is 0 Å². The summed E-state index contributed by atoms with van der Waals surface area (Å²) < 4.78 is 45.1. The molecule has 0 aliphatic carbocycles. The van der Waals surface area contributed by atoms with Crippen LogP contribution in [0.4, 0.5) is 8.78 Å². The van der Waals surface area contributed by atoms with Gasteiger partial charge in [-0.25, -0.2) is 8.78 Å². The molecule has 2 N–H and O–H groups in total. The zero-order valence-corrected chi connectivity index (χ0v) is 8.97. The lowest BCUT2D eigenvalue weighted by Gasteiger charge is -2.13. The standard InChI is InChI=1S/C7H14F2NO3P/c1-3-12-14(11,13-4-2)5-6(10)7(8)9/h5,7H,3-4,10H2,1-2H3/b6-5-. The van der Waals surface area contributed by atoms with Crippen LogP contribution >= 0.6 is 7.60 Å². The van der Waals surface area contributed by atoms with E-state index in [1.165, 1.54) is 0 Å². The number of nitrogens with two attached hydrogens (primary N) is 1. The Balaban J connectivity index is 4.66. The second-order valence-corrected chi connectivity index (χ2v) is 4.16. The van der Waals surface area contributed by atoms with Crippen molar-refractivity contribution >= 4 is 7.60 Å². The number of alkyl halides is 2. The third-order valence-electron chi connectivity index (χ3n) is 1.18. The van der Waals surface area contributed by atoms with Crippen LogP contribution in [-0.4, -0.2) is 19.6 Å². The van der Waals surface area contributed by atoms with Crippen molar-refractivity contribution in [3.8, 4) is 0 Å². The van der Waals surface area contributed by atoms with Crippen LogP contribution in [0.3, 0.4) is 0 Å². The first-order valence-corrected chi connectivity index (χ1v) is 5.71. The monoisotopic (exact) mass is 229 g/mol. The Morgan fingerprint density at radius 2 is 1.86 bits per heavy atom. The Morgan fingerprint density at radius 1 is 1.43 bits per heavy atom. The molecule has 0 aromatic rings. The van der Waals surface area contributed by atoms with Crippen LogP contribution < -0.4 is 5.73 Å². The van der Waals surface area contributed by atoms with Gasteiger partial charge in [-0.2, -0.15) is 0 Å². The van der Waals surface area contributed by atoms with Gasteiger partial charge in [-0.05, 0) is 13.8 Å². The van der Waals surface area contributed by atoms with Crippen molar-refractivity contribution in [2.75, 3.05) is 13.2 Å². The fourth-order valence-electron chi connectivity index (χ4n) is 0.711. The smallest absolute Gasteiger partial charge is 0.356 e. The first-order valence-electron chi connectivity index (χ1n) is 4.10. The summed E-state index contributed by atoms with van der Waals surface area (Å²) in [6.07, 6.45) is -2.86. The van der Waals surface area contributed by atoms with E-state index in [0.717, 1.165) is 0 Å². The lowest BCUT2D eigenvalue weighted by molar-refractivity contribution is 0.186. The molecule has 0 rings (SSSR count). The van der Waals surface area contributed by atoms with E-state index in [4.69, 9.17) is 14.8 Å². The summed E-state index contributed by atoms with van der Waals surface area (Å²) in [5, 5.41) is 0. The van der Waals surface area contributed by atoms with Crippen LogP contribution in [0.5, 0.6) is 0 Å². The number of halogens is 2. The largest absolute Gasteiger partial charge is 0.397 e. The summed E-state index contributed by atoms with van der Waals surface area (Å²) in [5.74, 6) is 0.657. The maximum Gasteiger partial charge on any atom is 0.356 e. The van der Waals surface area contributed by atoms with E-state index in [1.54, 1.807) is 13.8 Å². The molecule has 0 atom stereocenters. The molecule has 0 aliphatic rings. The fourth-order valence-corrected chi connectivity index (χ4v) is 2.13. The molecule has 14 heavy (non-hydrogen) atoms. The molecule has 0 fully saturated rings. The second kappa shape index (κ2) is 6.11. The van der Waals surface area contributed by atoms with E-state index < -0.39 is 19.7 Å². The van der Waals surface area contributed by atoms with E-state index in [9.17, 15) is 13.3 Å². The Morgan fingerprint density at radius 3 is 2.14 bits per heavy atom. The lowest BCUT2D eigenvalue weighted by Crippen LogP contribution is -2.08. The van der Waals surface area contributed by atoms with Crippen LogP contribution in [0.15, 0.2) is 11.5 Å². The molecular weight excluding hydrogens is 215 g/mol. The molecule has 0 spiro atoms. The second-order valence-electron chi connectivity index (χ2n) is 2.31. The van der Waals surface area contributed by atoms with Crippen LogP contribution in [-0.2, 0) is 13.6 Å². The molecular formula is C7H14F2NO3P. The maximum absolute atomic E-state index is 12.0. The molecule has 0 saturated heterocycles. The first-order chi connectivity index (χ1) is 6.45.